The predicted octanol–water partition coefficient (Wildman–Crippen LogP) is 3.53. The highest BCUT2D eigenvalue weighted by Crippen LogP contribution is 2.37. The van der Waals surface area contributed by atoms with Gasteiger partial charge in [-0.25, -0.2) is 13.9 Å². The van der Waals surface area contributed by atoms with E-state index in [2.05, 4.69) is 37.3 Å². The molecule has 2 aromatic carbocycles. The van der Waals surface area contributed by atoms with Crippen molar-refractivity contribution >= 4 is 21.5 Å². The Bertz CT molecular complexity index is 1140. The van der Waals surface area contributed by atoms with Crippen molar-refractivity contribution < 1.29 is 23.2 Å². The maximum absolute atomic E-state index is 13.6. The van der Waals surface area contributed by atoms with Crippen LogP contribution in [0.15, 0.2) is 54.6 Å². The number of carbonyl (C=O) groups is 1. The van der Waals surface area contributed by atoms with E-state index in [9.17, 15) is 13.2 Å². The summed E-state index contributed by atoms with van der Waals surface area (Å²) in [6, 6.07) is 16.6. The first-order valence-electron chi connectivity index (χ1n) is 11.2. The zero-order valence-corrected chi connectivity index (χ0v) is 19.6. The maximum Gasteiger partial charge on any atom is 0.244 e. The van der Waals surface area contributed by atoms with Crippen molar-refractivity contribution in [1.29, 1.82) is 0 Å². The van der Waals surface area contributed by atoms with Gasteiger partial charge in [0, 0.05) is 32.7 Å². The van der Waals surface area contributed by atoms with E-state index in [4.69, 9.17) is 9.94 Å². The number of nitrogens with one attached hydrogen (secondary N) is 1. The summed E-state index contributed by atoms with van der Waals surface area (Å²) in [4.78, 5) is 11.9. The van der Waals surface area contributed by atoms with Crippen LogP contribution >= 0.6 is 0 Å². The van der Waals surface area contributed by atoms with E-state index in [1.807, 2.05) is 24.3 Å². The van der Waals surface area contributed by atoms with E-state index in [1.54, 1.807) is 5.48 Å². The topological polar surface area (TPSA) is 95.9 Å². The average Bonchev–Trinajstić information content (AvgIpc) is 2.85. The molecule has 0 atom stereocenters. The third-order valence-corrected chi connectivity index (χ3v) is 9.41. The molecule has 176 valence electrons. The Morgan fingerprint density at radius 3 is 2.45 bits per heavy atom. The summed E-state index contributed by atoms with van der Waals surface area (Å²) in [5.74, 6) is -0.692. The van der Waals surface area contributed by atoms with Crippen LogP contribution in [0, 0.1) is 6.92 Å². The van der Waals surface area contributed by atoms with E-state index in [0.717, 1.165) is 11.1 Å². The van der Waals surface area contributed by atoms with Gasteiger partial charge in [-0.1, -0.05) is 54.6 Å². The summed E-state index contributed by atoms with van der Waals surface area (Å²) in [5.41, 5.74) is 7.34. The minimum absolute atomic E-state index is 0.232. The molecule has 0 bridgehead atoms. The lowest BCUT2D eigenvalue weighted by molar-refractivity contribution is -0.130. The van der Waals surface area contributed by atoms with Crippen molar-refractivity contribution in [3.63, 3.8) is 0 Å². The first-order chi connectivity index (χ1) is 15.9. The van der Waals surface area contributed by atoms with Crippen molar-refractivity contribution in [2.45, 2.75) is 37.4 Å². The van der Waals surface area contributed by atoms with E-state index in [-0.39, 0.29) is 39.0 Å². The Kier molecular flexibility index (Phi) is 6.99. The van der Waals surface area contributed by atoms with Crippen LogP contribution in [-0.4, -0.2) is 54.9 Å². The number of hydroxylamine groups is 1. The van der Waals surface area contributed by atoms with Crippen LogP contribution in [0.5, 0.6) is 0 Å². The van der Waals surface area contributed by atoms with Gasteiger partial charge in [-0.3, -0.25) is 10.0 Å². The molecule has 2 N–H and O–H groups in total. The third kappa shape index (κ3) is 4.75. The fraction of sp³-hybridized carbons (Fsp3) is 0.400. The van der Waals surface area contributed by atoms with E-state index < -0.39 is 20.7 Å². The van der Waals surface area contributed by atoms with Crippen LogP contribution in [0.4, 0.5) is 0 Å². The number of hydrogen-bond donors (Lipinski definition) is 2. The van der Waals surface area contributed by atoms with Crippen LogP contribution in [-0.2, 0) is 19.6 Å². The Morgan fingerprint density at radius 2 is 1.85 bits per heavy atom. The first-order valence-corrected chi connectivity index (χ1v) is 12.7. The van der Waals surface area contributed by atoms with Crippen molar-refractivity contribution in [3.8, 4) is 11.1 Å². The summed E-state index contributed by atoms with van der Waals surface area (Å²) in [6.07, 6.45) is 2.76. The average molecular weight is 471 g/mol. The monoisotopic (exact) mass is 470 g/mol. The molecule has 1 amide bonds. The Morgan fingerprint density at radius 1 is 1.12 bits per heavy atom. The second-order valence-corrected chi connectivity index (χ2v) is 11.1. The second-order valence-electron chi connectivity index (χ2n) is 8.75. The zero-order valence-electron chi connectivity index (χ0n) is 18.8. The molecule has 4 rings (SSSR count). The molecule has 7 nitrogen and oxygen atoms in total. The first kappa shape index (κ1) is 23.6. The van der Waals surface area contributed by atoms with Gasteiger partial charge in [0.2, 0.25) is 15.9 Å². The standard InChI is InChI=1S/C25H30N2O5S/c1-19-17-22(7-8-23(19)21-5-3-2-4-6-21)20-9-13-27(14-10-20)33(30,31)25(18-24(28)26-29)11-15-32-16-12-25/h2-9,17,29H,10-16,18H2,1H3,(H,26,28). The number of aryl methyl sites for hydroxylation is 1. The Labute approximate surface area is 195 Å². The number of hydrogen-bond acceptors (Lipinski definition) is 5. The van der Waals surface area contributed by atoms with Gasteiger partial charge in [0.25, 0.3) is 0 Å². The fourth-order valence-corrected chi connectivity index (χ4v) is 6.96. The number of ether oxygens (including phenoxy) is 1. The lowest BCUT2D eigenvalue weighted by atomic mass is 9.93. The zero-order chi connectivity index (χ0) is 23.5. The molecule has 0 aliphatic carbocycles. The summed E-state index contributed by atoms with van der Waals surface area (Å²) in [5, 5.41) is 8.98. The highest BCUT2D eigenvalue weighted by Gasteiger charge is 2.49. The molecule has 0 saturated carbocycles. The number of carbonyl (C=O) groups excluding carboxylic acids is 1. The van der Waals surface area contributed by atoms with Gasteiger partial charge in [-0.15, -0.1) is 0 Å². The number of benzene rings is 2. The third-order valence-electron chi connectivity index (χ3n) is 6.75. The molecule has 1 saturated heterocycles. The number of nitrogens with zero attached hydrogens (tertiary/aromatic N) is 1. The van der Waals surface area contributed by atoms with Crippen LogP contribution in [0.2, 0.25) is 0 Å². The molecule has 33 heavy (non-hydrogen) atoms. The van der Waals surface area contributed by atoms with Gasteiger partial charge in [0.1, 0.15) is 0 Å². The Hall–Kier alpha value is -2.52. The molecule has 1 fully saturated rings. The number of sulfonamides is 1. The molecular weight excluding hydrogens is 440 g/mol. The summed E-state index contributed by atoms with van der Waals surface area (Å²) < 4.78 is 32.8. The number of rotatable bonds is 6. The molecule has 0 radical (unpaired) electrons. The Balaban J connectivity index is 1.54. The highest BCUT2D eigenvalue weighted by molar-refractivity contribution is 7.90. The smallest absolute Gasteiger partial charge is 0.244 e. The lowest BCUT2D eigenvalue weighted by Gasteiger charge is -2.40. The van der Waals surface area contributed by atoms with E-state index in [0.29, 0.717) is 13.0 Å². The summed E-state index contributed by atoms with van der Waals surface area (Å²) in [6.45, 7) is 3.27. The van der Waals surface area contributed by atoms with Crippen LogP contribution < -0.4 is 5.48 Å². The molecule has 2 aliphatic heterocycles. The summed E-state index contributed by atoms with van der Waals surface area (Å²) >= 11 is 0. The van der Waals surface area contributed by atoms with Gasteiger partial charge >= 0.3 is 0 Å². The fourth-order valence-electron chi connectivity index (χ4n) is 4.81. The molecule has 2 heterocycles. The minimum Gasteiger partial charge on any atom is -0.381 e. The van der Waals surface area contributed by atoms with Gasteiger partial charge in [0.05, 0.1) is 4.75 Å². The van der Waals surface area contributed by atoms with Gasteiger partial charge in [-0.05, 0) is 54.0 Å². The van der Waals surface area contributed by atoms with E-state index >= 15 is 0 Å². The van der Waals surface area contributed by atoms with E-state index in [1.165, 1.54) is 21.0 Å². The molecule has 2 aliphatic rings. The van der Waals surface area contributed by atoms with Gasteiger partial charge < -0.3 is 4.74 Å². The highest BCUT2D eigenvalue weighted by atomic mass is 32.2. The quantitative estimate of drug-likeness (QED) is 0.497. The molecule has 0 aromatic heterocycles. The normalized spacial score (nSPS) is 19.0. The summed E-state index contributed by atoms with van der Waals surface area (Å²) in [7, 11) is -3.77. The minimum atomic E-state index is -3.77. The van der Waals surface area contributed by atoms with Crippen molar-refractivity contribution in [2.24, 2.45) is 0 Å². The molecule has 0 unspecified atom stereocenters. The molecular formula is C25H30N2O5S. The second kappa shape index (κ2) is 9.77. The van der Waals surface area contributed by atoms with Crippen molar-refractivity contribution in [2.75, 3.05) is 26.3 Å². The SMILES string of the molecule is Cc1cc(C2=CCN(S(=O)(=O)C3(CC(=O)NO)CCOCC3)CC2)ccc1-c1ccccc1. The van der Waals surface area contributed by atoms with Crippen molar-refractivity contribution in [1.82, 2.24) is 9.79 Å². The maximum atomic E-state index is 13.6. The lowest BCUT2D eigenvalue weighted by Crippen LogP contribution is -2.54. The molecule has 0 spiro atoms. The van der Waals surface area contributed by atoms with Crippen molar-refractivity contribution in [3.05, 3.63) is 65.7 Å². The van der Waals surface area contributed by atoms with Gasteiger partial charge in [-0.2, -0.15) is 4.31 Å². The van der Waals surface area contributed by atoms with Crippen LogP contribution in [0.1, 0.15) is 36.8 Å². The predicted molar refractivity (Wildman–Crippen MR) is 127 cm³/mol. The largest absolute Gasteiger partial charge is 0.381 e. The molecule has 2 aromatic rings. The van der Waals surface area contributed by atoms with Gasteiger partial charge in [0.15, 0.2) is 0 Å². The number of amides is 1. The molecule has 8 heteroatoms. The van der Waals surface area contributed by atoms with Crippen LogP contribution in [0.25, 0.3) is 16.7 Å². The van der Waals surface area contributed by atoms with Crippen LogP contribution in [0.3, 0.4) is 0 Å².